The van der Waals surface area contributed by atoms with Gasteiger partial charge in [0.15, 0.2) is 0 Å². The molecule has 1 atom stereocenters. The Morgan fingerprint density at radius 1 is 1.44 bits per heavy atom. The van der Waals surface area contributed by atoms with Gasteiger partial charge < -0.3 is 10.1 Å². The Labute approximate surface area is 101 Å². The fourth-order valence-corrected chi connectivity index (χ4v) is 1.53. The lowest BCUT2D eigenvalue weighted by atomic mass is 10.2. The van der Waals surface area contributed by atoms with Gasteiger partial charge in [-0.3, -0.25) is 0 Å². The molecule has 1 N–H and O–H groups in total. The van der Waals surface area contributed by atoms with E-state index in [0.29, 0.717) is 12.5 Å². The summed E-state index contributed by atoms with van der Waals surface area (Å²) in [5, 5.41) is 2.71. The molecule has 0 spiro atoms. The number of hydrogen-bond acceptors (Lipinski definition) is 2. The van der Waals surface area contributed by atoms with Gasteiger partial charge in [0.2, 0.25) is 0 Å². The highest BCUT2D eigenvalue weighted by atomic mass is 35.5. The van der Waals surface area contributed by atoms with Crippen molar-refractivity contribution < 1.29 is 9.53 Å². The molecule has 1 unspecified atom stereocenters. The number of benzene rings is 1. The number of nitrogens with one attached hydrogen (secondary N) is 1. The number of halogens is 1. The molecule has 3 nitrogen and oxygen atoms in total. The van der Waals surface area contributed by atoms with E-state index < -0.39 is 6.09 Å². The van der Waals surface area contributed by atoms with Gasteiger partial charge >= 0.3 is 6.09 Å². The zero-order chi connectivity index (χ0) is 11.8. The lowest BCUT2D eigenvalue weighted by Crippen LogP contribution is -2.33. The van der Waals surface area contributed by atoms with E-state index in [1.165, 1.54) is 0 Å². The molecule has 16 heavy (non-hydrogen) atoms. The number of alkyl carbamates (subject to hydrolysis) is 1. The van der Waals surface area contributed by atoms with Crippen LogP contribution in [0.2, 0.25) is 0 Å². The van der Waals surface area contributed by atoms with Gasteiger partial charge in [0, 0.05) is 11.9 Å². The highest BCUT2D eigenvalue weighted by Crippen LogP contribution is 2.01. The molecule has 88 valence electrons. The molecule has 0 fully saturated rings. The quantitative estimate of drug-likeness (QED) is 0.805. The molecule has 1 aromatic rings. The summed E-state index contributed by atoms with van der Waals surface area (Å²) in [6, 6.07) is 9.61. The molecule has 0 bridgehead atoms. The molecular formula is C12H16ClNO2. The molecular weight excluding hydrogens is 226 g/mol. The van der Waals surface area contributed by atoms with Crippen molar-refractivity contribution in [3.63, 3.8) is 0 Å². The third kappa shape index (κ3) is 5.03. The Kier molecular flexibility index (Phi) is 5.72. The number of amides is 1. The Bertz CT molecular complexity index is 316. The summed E-state index contributed by atoms with van der Waals surface area (Å²) in [7, 11) is 0. The highest BCUT2D eigenvalue weighted by Gasteiger charge is 2.07. The van der Waals surface area contributed by atoms with Crippen LogP contribution in [0.25, 0.3) is 0 Å². The normalized spacial score (nSPS) is 11.9. The van der Waals surface area contributed by atoms with E-state index in [-0.39, 0.29) is 6.04 Å². The molecule has 0 saturated carbocycles. The average molecular weight is 242 g/mol. The molecule has 0 aliphatic carbocycles. The number of hydrogen-bond donors (Lipinski definition) is 1. The van der Waals surface area contributed by atoms with E-state index in [4.69, 9.17) is 16.3 Å². The van der Waals surface area contributed by atoms with E-state index in [1.54, 1.807) is 0 Å². The van der Waals surface area contributed by atoms with Crippen molar-refractivity contribution in [2.45, 2.75) is 26.0 Å². The van der Waals surface area contributed by atoms with Crippen LogP contribution in [-0.4, -0.2) is 18.0 Å². The monoisotopic (exact) mass is 241 g/mol. The lowest BCUT2D eigenvalue weighted by molar-refractivity contribution is 0.136. The van der Waals surface area contributed by atoms with E-state index >= 15 is 0 Å². The molecule has 4 heteroatoms. The van der Waals surface area contributed by atoms with Gasteiger partial charge in [-0.2, -0.15) is 0 Å². The van der Waals surface area contributed by atoms with Gasteiger partial charge in [0.25, 0.3) is 0 Å². The smallest absolute Gasteiger partial charge is 0.407 e. The molecule has 1 aromatic carbocycles. The summed E-state index contributed by atoms with van der Waals surface area (Å²) in [5.74, 6) is 0.528. The zero-order valence-corrected chi connectivity index (χ0v) is 10.0. The third-order valence-corrected chi connectivity index (χ3v) is 2.34. The van der Waals surface area contributed by atoms with E-state index in [1.807, 2.05) is 37.3 Å². The van der Waals surface area contributed by atoms with Gasteiger partial charge in [-0.25, -0.2) is 4.79 Å². The maximum absolute atomic E-state index is 11.3. The maximum Gasteiger partial charge on any atom is 0.407 e. The molecule has 0 aliphatic rings. The summed E-state index contributed by atoms with van der Waals surface area (Å²) in [6.07, 6.45) is 0.337. The van der Waals surface area contributed by atoms with Crippen LogP contribution in [0.1, 0.15) is 18.9 Å². The first-order valence-electron chi connectivity index (χ1n) is 5.25. The van der Waals surface area contributed by atoms with E-state index in [2.05, 4.69) is 5.32 Å². The van der Waals surface area contributed by atoms with Crippen molar-refractivity contribution >= 4 is 17.7 Å². The van der Waals surface area contributed by atoms with Crippen LogP contribution in [0.15, 0.2) is 30.3 Å². The predicted molar refractivity (Wildman–Crippen MR) is 64.6 cm³/mol. The van der Waals surface area contributed by atoms with Gasteiger partial charge in [-0.05, 0) is 18.9 Å². The Hall–Kier alpha value is -1.22. The summed E-state index contributed by atoms with van der Waals surface area (Å²) in [5.41, 5.74) is 0.975. The molecule has 0 radical (unpaired) electrons. The summed E-state index contributed by atoms with van der Waals surface area (Å²) in [4.78, 5) is 11.3. The first-order valence-corrected chi connectivity index (χ1v) is 5.79. The number of carbonyl (C=O) groups excluding carboxylic acids is 1. The standard InChI is InChI=1S/C12H16ClNO2/c1-10(7-8-13)14-12(15)16-9-11-5-3-2-4-6-11/h2-6,10H,7-9H2,1H3,(H,14,15). The van der Waals surface area contributed by atoms with Gasteiger partial charge in [-0.1, -0.05) is 30.3 Å². The second kappa shape index (κ2) is 7.12. The first-order chi connectivity index (χ1) is 7.72. The van der Waals surface area contributed by atoms with Crippen molar-refractivity contribution in [2.24, 2.45) is 0 Å². The molecule has 0 aliphatic heterocycles. The second-order valence-corrected chi connectivity index (χ2v) is 3.96. The summed E-state index contributed by atoms with van der Waals surface area (Å²) < 4.78 is 5.05. The zero-order valence-electron chi connectivity index (χ0n) is 9.28. The summed E-state index contributed by atoms with van der Waals surface area (Å²) >= 11 is 5.56. The van der Waals surface area contributed by atoms with Crippen LogP contribution in [0.4, 0.5) is 4.79 Å². The van der Waals surface area contributed by atoms with Gasteiger partial charge in [0.1, 0.15) is 6.61 Å². The molecule has 1 amide bonds. The SMILES string of the molecule is CC(CCCl)NC(=O)OCc1ccccc1. The number of alkyl halides is 1. The van der Waals surface area contributed by atoms with Crippen LogP contribution >= 0.6 is 11.6 Å². The van der Waals surface area contributed by atoms with Crippen molar-refractivity contribution in [1.82, 2.24) is 5.32 Å². The van der Waals surface area contributed by atoms with Crippen molar-refractivity contribution in [1.29, 1.82) is 0 Å². The Morgan fingerprint density at radius 2 is 2.12 bits per heavy atom. The lowest BCUT2D eigenvalue weighted by Gasteiger charge is -2.12. The van der Waals surface area contributed by atoms with Gasteiger partial charge in [0.05, 0.1) is 0 Å². The van der Waals surface area contributed by atoms with Crippen LogP contribution in [0.3, 0.4) is 0 Å². The first kappa shape index (κ1) is 12.8. The van der Waals surface area contributed by atoms with Gasteiger partial charge in [-0.15, -0.1) is 11.6 Å². The van der Waals surface area contributed by atoms with Crippen molar-refractivity contribution in [3.05, 3.63) is 35.9 Å². The molecule has 0 saturated heterocycles. The fraction of sp³-hybridized carbons (Fsp3) is 0.417. The average Bonchev–Trinajstić information content (AvgIpc) is 2.28. The van der Waals surface area contributed by atoms with E-state index in [9.17, 15) is 4.79 Å². The second-order valence-electron chi connectivity index (χ2n) is 3.58. The highest BCUT2D eigenvalue weighted by molar-refractivity contribution is 6.17. The Balaban J connectivity index is 2.25. The van der Waals surface area contributed by atoms with Crippen molar-refractivity contribution in [3.8, 4) is 0 Å². The minimum atomic E-state index is -0.401. The van der Waals surface area contributed by atoms with Crippen LogP contribution in [0, 0.1) is 0 Å². The molecule has 0 aromatic heterocycles. The number of carbonyl (C=O) groups is 1. The topological polar surface area (TPSA) is 38.3 Å². The van der Waals surface area contributed by atoms with Crippen molar-refractivity contribution in [2.75, 3.05) is 5.88 Å². The minimum Gasteiger partial charge on any atom is -0.445 e. The van der Waals surface area contributed by atoms with Crippen LogP contribution < -0.4 is 5.32 Å². The Morgan fingerprint density at radius 3 is 2.75 bits per heavy atom. The largest absolute Gasteiger partial charge is 0.445 e. The minimum absolute atomic E-state index is 0.0424. The third-order valence-electron chi connectivity index (χ3n) is 2.12. The summed E-state index contributed by atoms with van der Waals surface area (Å²) in [6.45, 7) is 2.19. The number of ether oxygens (including phenoxy) is 1. The van der Waals surface area contributed by atoms with Crippen LogP contribution in [0.5, 0.6) is 0 Å². The maximum atomic E-state index is 11.3. The predicted octanol–water partition coefficient (Wildman–Crippen LogP) is 2.93. The fourth-order valence-electron chi connectivity index (χ4n) is 1.20. The van der Waals surface area contributed by atoms with E-state index in [0.717, 1.165) is 12.0 Å². The van der Waals surface area contributed by atoms with Crippen LogP contribution in [-0.2, 0) is 11.3 Å². The molecule has 1 rings (SSSR count). The number of rotatable bonds is 5. The molecule has 0 heterocycles.